The summed E-state index contributed by atoms with van der Waals surface area (Å²) >= 11 is 0. The first kappa shape index (κ1) is 15.6. The van der Waals surface area contributed by atoms with E-state index in [4.69, 9.17) is 0 Å². The Morgan fingerprint density at radius 3 is 2.83 bits per heavy atom. The Labute approximate surface area is 132 Å². The smallest absolute Gasteiger partial charge is 0.239 e. The van der Waals surface area contributed by atoms with E-state index in [0.29, 0.717) is 18.7 Å². The van der Waals surface area contributed by atoms with E-state index in [9.17, 15) is 17.6 Å². The molecule has 3 rings (SSSR count). The van der Waals surface area contributed by atoms with Crippen LogP contribution in [0.4, 0.5) is 10.1 Å². The third kappa shape index (κ3) is 3.40. The number of benzene rings is 1. The third-order valence-electron chi connectivity index (χ3n) is 3.49. The Bertz CT molecular complexity index is 834. The summed E-state index contributed by atoms with van der Waals surface area (Å²) in [5.74, 6) is -0.814. The highest BCUT2D eigenvalue weighted by Gasteiger charge is 2.29. The number of carbonyl (C=O) groups is 1. The van der Waals surface area contributed by atoms with Crippen LogP contribution in [0, 0.1) is 5.82 Å². The molecule has 0 spiro atoms. The monoisotopic (exact) mass is 338 g/mol. The molecule has 0 saturated carbocycles. The number of nitrogens with one attached hydrogen (secondary N) is 1. The molecule has 0 atom stereocenters. The van der Waals surface area contributed by atoms with Gasteiger partial charge in [-0.15, -0.1) is 0 Å². The fourth-order valence-corrected chi connectivity index (χ4v) is 3.86. The number of aromatic nitrogens is 2. The number of para-hydroxylation sites is 1. The van der Waals surface area contributed by atoms with Crippen molar-refractivity contribution in [2.45, 2.75) is 6.42 Å². The number of rotatable bonds is 4. The van der Waals surface area contributed by atoms with Gasteiger partial charge < -0.3 is 5.32 Å². The van der Waals surface area contributed by atoms with Crippen LogP contribution in [0.5, 0.6) is 0 Å². The summed E-state index contributed by atoms with van der Waals surface area (Å²) in [6.07, 6.45) is 3.37. The Morgan fingerprint density at radius 1 is 1.35 bits per heavy atom. The molecule has 9 heteroatoms. The predicted molar refractivity (Wildman–Crippen MR) is 82.1 cm³/mol. The van der Waals surface area contributed by atoms with E-state index in [0.717, 1.165) is 4.31 Å². The number of anilines is 1. The van der Waals surface area contributed by atoms with E-state index >= 15 is 0 Å². The van der Waals surface area contributed by atoms with Gasteiger partial charge in [0.1, 0.15) is 11.5 Å². The van der Waals surface area contributed by atoms with Gasteiger partial charge in [0, 0.05) is 6.54 Å². The van der Waals surface area contributed by atoms with E-state index in [2.05, 4.69) is 10.4 Å². The molecule has 0 radical (unpaired) electrons. The maximum Gasteiger partial charge on any atom is 0.239 e. The summed E-state index contributed by atoms with van der Waals surface area (Å²) < 4.78 is 39.5. The highest BCUT2D eigenvalue weighted by Crippen LogP contribution is 2.16. The average molecular weight is 338 g/mol. The van der Waals surface area contributed by atoms with Crippen molar-refractivity contribution >= 4 is 21.6 Å². The van der Waals surface area contributed by atoms with Crippen molar-refractivity contribution < 1.29 is 17.6 Å². The zero-order valence-corrected chi connectivity index (χ0v) is 13.0. The second-order valence-electron chi connectivity index (χ2n) is 5.18. The van der Waals surface area contributed by atoms with Crippen LogP contribution in [0.1, 0.15) is 6.42 Å². The highest BCUT2D eigenvalue weighted by molar-refractivity contribution is 7.89. The van der Waals surface area contributed by atoms with Gasteiger partial charge in [0.2, 0.25) is 15.9 Å². The van der Waals surface area contributed by atoms with E-state index in [-0.39, 0.29) is 18.0 Å². The molecule has 2 heterocycles. The Hall–Kier alpha value is -2.26. The summed E-state index contributed by atoms with van der Waals surface area (Å²) in [5, 5.41) is 6.56. The first-order valence-corrected chi connectivity index (χ1v) is 8.64. The highest BCUT2D eigenvalue weighted by atomic mass is 32.2. The zero-order valence-electron chi connectivity index (χ0n) is 12.1. The van der Waals surface area contributed by atoms with Gasteiger partial charge in [0.15, 0.2) is 0 Å². The predicted octanol–water partition coefficient (Wildman–Crippen LogP) is 0.985. The van der Waals surface area contributed by atoms with Crippen LogP contribution in [0.15, 0.2) is 36.7 Å². The van der Waals surface area contributed by atoms with Crippen molar-refractivity contribution in [1.82, 2.24) is 14.1 Å². The number of hydrogen-bond donors (Lipinski definition) is 1. The molecule has 1 aromatic carbocycles. The van der Waals surface area contributed by atoms with Gasteiger partial charge in [-0.05, 0) is 18.6 Å². The minimum absolute atomic E-state index is 0.0749. The van der Waals surface area contributed by atoms with Crippen molar-refractivity contribution in [3.63, 3.8) is 0 Å². The van der Waals surface area contributed by atoms with Crippen molar-refractivity contribution in [3.05, 3.63) is 42.5 Å². The summed E-state index contributed by atoms with van der Waals surface area (Å²) in [7, 11) is -3.32. The van der Waals surface area contributed by atoms with Crippen LogP contribution in [-0.4, -0.2) is 47.3 Å². The second kappa shape index (κ2) is 6.09. The zero-order chi connectivity index (χ0) is 16.4. The van der Waals surface area contributed by atoms with Gasteiger partial charge in [-0.25, -0.2) is 17.5 Å². The molecule has 23 heavy (non-hydrogen) atoms. The van der Waals surface area contributed by atoms with Crippen LogP contribution in [0.25, 0.3) is 5.69 Å². The molecule has 1 N–H and O–H groups in total. The Balaban J connectivity index is 1.67. The standard InChI is InChI=1S/C14H15FN4O3S/c15-12-4-1-2-5-13(12)19-9-11(8-16-19)17-14(20)10-18-6-3-7-23(18,21)22/h1-2,4-5,8-9H,3,6-7,10H2,(H,17,20). The number of carbonyl (C=O) groups excluding carboxylic acids is 1. The molecule has 122 valence electrons. The lowest BCUT2D eigenvalue weighted by Gasteiger charge is -2.13. The Morgan fingerprint density at radius 2 is 2.13 bits per heavy atom. The molecule has 0 bridgehead atoms. The maximum atomic E-state index is 13.7. The first-order chi connectivity index (χ1) is 11.0. The molecule has 1 fully saturated rings. The number of sulfonamides is 1. The largest absolute Gasteiger partial charge is 0.322 e. The summed E-state index contributed by atoms with van der Waals surface area (Å²) in [6.45, 7) is 0.122. The maximum absolute atomic E-state index is 13.7. The number of amides is 1. The van der Waals surface area contributed by atoms with Crippen molar-refractivity contribution in [2.75, 3.05) is 24.2 Å². The van der Waals surface area contributed by atoms with Crippen LogP contribution in [0.2, 0.25) is 0 Å². The summed E-state index contributed by atoms with van der Waals surface area (Å²) in [5.41, 5.74) is 0.630. The van der Waals surface area contributed by atoms with Crippen LogP contribution in [-0.2, 0) is 14.8 Å². The Kier molecular flexibility index (Phi) is 4.14. The van der Waals surface area contributed by atoms with Crippen LogP contribution < -0.4 is 5.32 Å². The molecule has 1 saturated heterocycles. The molecule has 1 aliphatic heterocycles. The second-order valence-corrected chi connectivity index (χ2v) is 7.26. The summed E-state index contributed by atoms with van der Waals surface area (Å²) in [6, 6.07) is 6.12. The SMILES string of the molecule is O=C(CN1CCCS1(=O)=O)Nc1cnn(-c2ccccc2F)c1. The topological polar surface area (TPSA) is 84.3 Å². The van der Waals surface area contributed by atoms with Gasteiger partial charge in [0.25, 0.3) is 0 Å². The van der Waals surface area contributed by atoms with Crippen LogP contribution >= 0.6 is 0 Å². The van der Waals surface area contributed by atoms with Crippen LogP contribution in [0.3, 0.4) is 0 Å². The fraction of sp³-hybridized carbons (Fsp3) is 0.286. The molecule has 7 nitrogen and oxygen atoms in total. The lowest BCUT2D eigenvalue weighted by molar-refractivity contribution is -0.116. The van der Waals surface area contributed by atoms with Crippen molar-refractivity contribution in [2.24, 2.45) is 0 Å². The van der Waals surface area contributed by atoms with E-state index in [1.165, 1.54) is 23.1 Å². The quantitative estimate of drug-likeness (QED) is 0.901. The minimum Gasteiger partial charge on any atom is -0.322 e. The first-order valence-electron chi connectivity index (χ1n) is 7.03. The lowest BCUT2D eigenvalue weighted by Crippen LogP contribution is -2.34. The molecule has 2 aromatic rings. The normalized spacial score (nSPS) is 17.3. The van der Waals surface area contributed by atoms with Gasteiger partial charge in [-0.1, -0.05) is 12.1 Å². The average Bonchev–Trinajstić information content (AvgIpc) is 3.07. The third-order valence-corrected chi connectivity index (χ3v) is 5.39. The lowest BCUT2D eigenvalue weighted by atomic mass is 10.3. The minimum atomic E-state index is -3.32. The molecular weight excluding hydrogens is 323 g/mol. The number of nitrogens with zero attached hydrogens (tertiary/aromatic N) is 3. The molecule has 1 aliphatic rings. The van der Waals surface area contributed by atoms with Gasteiger partial charge in [-0.3, -0.25) is 4.79 Å². The number of halogens is 1. The molecule has 1 amide bonds. The van der Waals surface area contributed by atoms with E-state index < -0.39 is 21.7 Å². The van der Waals surface area contributed by atoms with Gasteiger partial charge in [0.05, 0.1) is 30.4 Å². The molecule has 0 unspecified atom stereocenters. The summed E-state index contributed by atoms with van der Waals surface area (Å²) in [4.78, 5) is 11.9. The van der Waals surface area contributed by atoms with Gasteiger partial charge >= 0.3 is 0 Å². The van der Waals surface area contributed by atoms with Crippen molar-refractivity contribution in [1.29, 1.82) is 0 Å². The van der Waals surface area contributed by atoms with Gasteiger partial charge in [-0.2, -0.15) is 9.40 Å². The molecule has 0 aliphatic carbocycles. The fourth-order valence-electron chi connectivity index (χ4n) is 2.39. The van der Waals surface area contributed by atoms with E-state index in [1.807, 2.05) is 0 Å². The van der Waals surface area contributed by atoms with Crippen molar-refractivity contribution in [3.8, 4) is 5.69 Å². The van der Waals surface area contributed by atoms with E-state index in [1.54, 1.807) is 18.2 Å². The number of hydrogen-bond acceptors (Lipinski definition) is 4. The molecule has 1 aromatic heterocycles. The molecular formula is C14H15FN4O3S.